The summed E-state index contributed by atoms with van der Waals surface area (Å²) < 4.78 is 6.34. The molecule has 0 aliphatic heterocycles. The van der Waals surface area contributed by atoms with Gasteiger partial charge < -0.3 is 9.32 Å². The molecule has 0 spiro atoms. The maximum absolute atomic E-state index is 6.34. The van der Waals surface area contributed by atoms with E-state index in [4.69, 9.17) is 4.42 Å². The first-order valence-electron chi connectivity index (χ1n) is 17.1. The number of hydrogen-bond acceptors (Lipinski definition) is 2. The zero-order chi connectivity index (χ0) is 33.0. The van der Waals surface area contributed by atoms with Crippen molar-refractivity contribution in [3.63, 3.8) is 0 Å². The Labute approximate surface area is 290 Å². The van der Waals surface area contributed by atoms with Gasteiger partial charge in [0.25, 0.3) is 0 Å². The molecule has 0 aliphatic rings. The first-order chi connectivity index (χ1) is 24.8. The normalized spacial score (nSPS) is 11.6. The van der Waals surface area contributed by atoms with Gasteiger partial charge in [-0.05, 0) is 104 Å². The Hall–Kier alpha value is -6.64. The molecule has 0 fully saturated rings. The predicted molar refractivity (Wildman–Crippen MR) is 212 cm³/mol. The molecule has 0 amide bonds. The van der Waals surface area contributed by atoms with Crippen molar-refractivity contribution in [1.29, 1.82) is 0 Å². The van der Waals surface area contributed by atoms with Crippen LogP contribution in [0.4, 0.5) is 17.1 Å². The van der Waals surface area contributed by atoms with E-state index >= 15 is 0 Å². The Morgan fingerprint density at radius 1 is 0.280 bits per heavy atom. The molecule has 9 aromatic carbocycles. The average Bonchev–Trinajstić information content (AvgIpc) is 3.58. The summed E-state index contributed by atoms with van der Waals surface area (Å²) >= 11 is 0. The fourth-order valence-electron chi connectivity index (χ4n) is 7.70. The molecule has 234 valence electrons. The van der Waals surface area contributed by atoms with E-state index in [-0.39, 0.29) is 0 Å². The first kappa shape index (κ1) is 28.4. The second kappa shape index (κ2) is 11.5. The molecular weight excluding hydrogens is 607 g/mol. The standard InChI is InChI=1S/C48H31NO/c1-3-11-32(12-4-1)34-19-23-36(24-20-34)49(37-25-21-35(22-26-37)33-13-5-2-6-14-33)38-27-28-40-42-29-30-46-48(43-17-9-10-18-45(43)50-46)47(42)41-16-8-7-15-39(41)44(40)31-38/h1-31H. The topological polar surface area (TPSA) is 16.4 Å². The van der Waals surface area contributed by atoms with Crippen molar-refractivity contribution in [3.8, 4) is 22.3 Å². The van der Waals surface area contributed by atoms with Crippen LogP contribution in [-0.2, 0) is 0 Å². The monoisotopic (exact) mass is 637 g/mol. The van der Waals surface area contributed by atoms with Gasteiger partial charge in [-0.3, -0.25) is 0 Å². The molecule has 0 radical (unpaired) electrons. The van der Waals surface area contributed by atoms with E-state index in [1.165, 1.54) is 60.0 Å². The Kier molecular flexibility index (Phi) is 6.53. The quantitative estimate of drug-likeness (QED) is 0.175. The molecule has 2 nitrogen and oxygen atoms in total. The third kappa shape index (κ3) is 4.57. The molecule has 0 unspecified atom stereocenters. The summed E-state index contributed by atoms with van der Waals surface area (Å²) in [6.45, 7) is 0. The van der Waals surface area contributed by atoms with Crippen molar-refractivity contribution >= 4 is 71.3 Å². The molecule has 1 aromatic heterocycles. The molecule has 0 aliphatic carbocycles. The fraction of sp³-hybridized carbons (Fsp3) is 0. The summed E-state index contributed by atoms with van der Waals surface area (Å²) in [5.41, 5.74) is 9.97. The Balaban J connectivity index is 1.19. The van der Waals surface area contributed by atoms with Gasteiger partial charge in [0.2, 0.25) is 0 Å². The molecule has 0 N–H and O–H groups in total. The van der Waals surface area contributed by atoms with Crippen LogP contribution in [0.2, 0.25) is 0 Å². The van der Waals surface area contributed by atoms with E-state index in [1.54, 1.807) is 0 Å². The van der Waals surface area contributed by atoms with E-state index in [2.05, 4.69) is 187 Å². The SMILES string of the molecule is c1ccc(-c2ccc(N(c3ccc(-c4ccccc4)cc3)c3ccc4c(c3)c3ccccc3c3c4ccc4oc5ccccc5c43)cc2)cc1. The molecular formula is C48H31NO. The van der Waals surface area contributed by atoms with E-state index in [0.717, 1.165) is 33.6 Å². The van der Waals surface area contributed by atoms with Gasteiger partial charge in [0.15, 0.2) is 0 Å². The molecule has 10 rings (SSSR count). The van der Waals surface area contributed by atoms with Gasteiger partial charge in [-0.2, -0.15) is 0 Å². The lowest BCUT2D eigenvalue weighted by Crippen LogP contribution is -2.10. The van der Waals surface area contributed by atoms with E-state index in [1.807, 2.05) is 6.07 Å². The zero-order valence-corrected chi connectivity index (χ0v) is 27.3. The maximum atomic E-state index is 6.34. The molecule has 1 heterocycles. The van der Waals surface area contributed by atoms with Gasteiger partial charge in [-0.1, -0.05) is 133 Å². The van der Waals surface area contributed by atoms with Crippen molar-refractivity contribution in [2.45, 2.75) is 0 Å². The number of hydrogen-bond donors (Lipinski definition) is 0. The molecule has 0 bridgehead atoms. The van der Waals surface area contributed by atoms with Crippen LogP contribution in [0.5, 0.6) is 0 Å². The van der Waals surface area contributed by atoms with Gasteiger partial charge in [0.1, 0.15) is 11.2 Å². The molecule has 50 heavy (non-hydrogen) atoms. The van der Waals surface area contributed by atoms with Crippen molar-refractivity contribution in [1.82, 2.24) is 0 Å². The molecule has 10 aromatic rings. The smallest absolute Gasteiger partial charge is 0.136 e. The summed E-state index contributed by atoms with van der Waals surface area (Å²) in [5, 5.41) is 9.72. The van der Waals surface area contributed by atoms with Gasteiger partial charge in [-0.25, -0.2) is 0 Å². The Bertz CT molecular complexity index is 2730. The number of para-hydroxylation sites is 1. The van der Waals surface area contributed by atoms with Crippen molar-refractivity contribution in [2.24, 2.45) is 0 Å². The van der Waals surface area contributed by atoms with Crippen LogP contribution in [0.3, 0.4) is 0 Å². The highest BCUT2D eigenvalue weighted by Crippen LogP contribution is 2.45. The number of nitrogens with zero attached hydrogens (tertiary/aromatic N) is 1. The first-order valence-corrected chi connectivity index (χ1v) is 17.1. The zero-order valence-electron chi connectivity index (χ0n) is 27.3. The summed E-state index contributed by atoms with van der Waals surface area (Å²) in [5.74, 6) is 0. The highest BCUT2D eigenvalue weighted by atomic mass is 16.3. The second-order valence-electron chi connectivity index (χ2n) is 12.9. The summed E-state index contributed by atoms with van der Waals surface area (Å²) in [6, 6.07) is 67.4. The average molecular weight is 638 g/mol. The van der Waals surface area contributed by atoms with Crippen molar-refractivity contribution in [2.75, 3.05) is 4.90 Å². The molecule has 0 saturated carbocycles. The highest BCUT2D eigenvalue weighted by Gasteiger charge is 2.19. The van der Waals surface area contributed by atoms with Crippen LogP contribution >= 0.6 is 0 Å². The van der Waals surface area contributed by atoms with Crippen LogP contribution in [-0.4, -0.2) is 0 Å². The third-order valence-electron chi connectivity index (χ3n) is 10.0. The molecule has 2 heteroatoms. The lowest BCUT2D eigenvalue weighted by molar-refractivity contribution is 0.669. The minimum absolute atomic E-state index is 0.918. The van der Waals surface area contributed by atoms with Gasteiger partial charge >= 0.3 is 0 Å². The minimum atomic E-state index is 0.918. The number of furan rings is 1. The second-order valence-corrected chi connectivity index (χ2v) is 12.9. The van der Waals surface area contributed by atoms with Gasteiger partial charge in [0.05, 0.1) is 0 Å². The number of rotatable bonds is 5. The van der Waals surface area contributed by atoms with Crippen molar-refractivity contribution in [3.05, 3.63) is 188 Å². The predicted octanol–water partition coefficient (Wildman–Crippen LogP) is 13.8. The molecule has 0 saturated heterocycles. The summed E-state index contributed by atoms with van der Waals surface area (Å²) in [6.07, 6.45) is 0. The fourth-order valence-corrected chi connectivity index (χ4v) is 7.70. The Morgan fingerprint density at radius 2 is 0.740 bits per heavy atom. The van der Waals surface area contributed by atoms with Crippen LogP contribution in [0, 0.1) is 0 Å². The molecule has 0 atom stereocenters. The minimum Gasteiger partial charge on any atom is -0.456 e. The lowest BCUT2D eigenvalue weighted by Gasteiger charge is -2.27. The summed E-state index contributed by atoms with van der Waals surface area (Å²) in [4.78, 5) is 2.37. The van der Waals surface area contributed by atoms with Gasteiger partial charge in [0, 0.05) is 33.2 Å². The van der Waals surface area contributed by atoms with E-state index in [9.17, 15) is 0 Å². The lowest BCUT2D eigenvalue weighted by atomic mass is 9.91. The maximum Gasteiger partial charge on any atom is 0.136 e. The van der Waals surface area contributed by atoms with Crippen LogP contribution in [0.15, 0.2) is 192 Å². The summed E-state index contributed by atoms with van der Waals surface area (Å²) in [7, 11) is 0. The van der Waals surface area contributed by atoms with E-state index < -0.39 is 0 Å². The van der Waals surface area contributed by atoms with Crippen molar-refractivity contribution < 1.29 is 4.42 Å². The van der Waals surface area contributed by atoms with Gasteiger partial charge in [-0.15, -0.1) is 0 Å². The van der Waals surface area contributed by atoms with Crippen LogP contribution in [0.1, 0.15) is 0 Å². The van der Waals surface area contributed by atoms with E-state index in [0.29, 0.717) is 0 Å². The Morgan fingerprint density at radius 3 is 1.38 bits per heavy atom. The van der Waals surface area contributed by atoms with Crippen LogP contribution in [0.25, 0.3) is 76.5 Å². The highest BCUT2D eigenvalue weighted by molar-refractivity contribution is 6.34. The number of anilines is 3. The van der Waals surface area contributed by atoms with Crippen LogP contribution < -0.4 is 4.90 Å². The largest absolute Gasteiger partial charge is 0.456 e. The third-order valence-corrected chi connectivity index (χ3v) is 10.0. The number of benzene rings is 9. The number of fused-ring (bicyclic) bond motifs is 10.